The molecule has 0 aliphatic carbocycles. The van der Waals surface area contributed by atoms with Crippen LogP contribution in [-0.4, -0.2) is 67.7 Å². The van der Waals surface area contributed by atoms with Crippen LogP contribution in [0.1, 0.15) is 5.69 Å². The van der Waals surface area contributed by atoms with E-state index in [4.69, 9.17) is 14.5 Å². The van der Waals surface area contributed by atoms with Gasteiger partial charge in [0.05, 0.1) is 18.4 Å². The third-order valence-electron chi connectivity index (χ3n) is 4.32. The number of nitrogens with zero attached hydrogens (tertiary/aromatic N) is 3. The highest BCUT2D eigenvalue weighted by Gasteiger charge is 2.21. The molecule has 1 amide bonds. The summed E-state index contributed by atoms with van der Waals surface area (Å²) in [6, 6.07) is 5.93. The Bertz CT molecular complexity index is 760. The molecule has 26 heavy (non-hydrogen) atoms. The first-order chi connectivity index (χ1) is 12.6. The highest BCUT2D eigenvalue weighted by molar-refractivity contribution is 9.10. The molecular weight excluding hydrogens is 418 g/mol. The minimum atomic E-state index is 0.0600. The van der Waals surface area contributed by atoms with Crippen LogP contribution in [0.3, 0.4) is 0 Å². The molecule has 6 nitrogen and oxygen atoms in total. The molecule has 0 spiro atoms. The fourth-order valence-corrected chi connectivity index (χ4v) is 4.14. The zero-order chi connectivity index (χ0) is 18.5. The molecule has 1 aromatic carbocycles. The second kappa shape index (κ2) is 8.94. The third kappa shape index (κ3) is 4.62. The Kier molecular flexibility index (Phi) is 6.63. The van der Waals surface area contributed by atoms with Gasteiger partial charge in [-0.15, -0.1) is 11.3 Å². The van der Waals surface area contributed by atoms with Gasteiger partial charge in [-0.2, -0.15) is 0 Å². The SMILES string of the molecule is COCC(=O)N1CCN(Cc2csc(-c3cc(Br)ccc3OC)n2)CC1. The van der Waals surface area contributed by atoms with Gasteiger partial charge >= 0.3 is 0 Å². The van der Waals surface area contributed by atoms with Crippen LogP contribution in [0.2, 0.25) is 0 Å². The van der Waals surface area contributed by atoms with E-state index in [0.717, 1.165) is 59.2 Å². The molecule has 0 bridgehead atoms. The quantitative estimate of drug-likeness (QED) is 0.692. The van der Waals surface area contributed by atoms with Crippen molar-refractivity contribution < 1.29 is 14.3 Å². The van der Waals surface area contributed by atoms with E-state index in [2.05, 4.69) is 26.2 Å². The first-order valence-corrected chi connectivity index (χ1v) is 10.1. The number of hydrogen-bond donors (Lipinski definition) is 0. The summed E-state index contributed by atoms with van der Waals surface area (Å²) < 4.78 is 11.4. The Morgan fingerprint density at radius 1 is 1.27 bits per heavy atom. The number of carbonyl (C=O) groups excluding carboxylic acids is 1. The van der Waals surface area contributed by atoms with Crippen molar-refractivity contribution in [1.82, 2.24) is 14.8 Å². The van der Waals surface area contributed by atoms with Gasteiger partial charge in [0.15, 0.2) is 0 Å². The molecule has 0 N–H and O–H groups in total. The Balaban J connectivity index is 1.62. The van der Waals surface area contributed by atoms with Crippen LogP contribution < -0.4 is 4.74 Å². The molecule has 8 heteroatoms. The number of hydrogen-bond acceptors (Lipinski definition) is 6. The van der Waals surface area contributed by atoms with Crippen LogP contribution in [0.4, 0.5) is 0 Å². The van der Waals surface area contributed by atoms with Crippen LogP contribution in [0.25, 0.3) is 10.6 Å². The van der Waals surface area contributed by atoms with Crippen molar-refractivity contribution in [3.8, 4) is 16.3 Å². The highest BCUT2D eigenvalue weighted by Crippen LogP contribution is 2.34. The molecular formula is C18H22BrN3O3S. The van der Waals surface area contributed by atoms with E-state index in [1.807, 2.05) is 23.1 Å². The standard InChI is InChI=1S/C18H22BrN3O3S/c1-24-11-17(23)22-7-5-21(6-8-22)10-14-12-26-18(20-14)15-9-13(19)3-4-16(15)25-2/h3-4,9,12H,5-8,10-11H2,1-2H3. The number of rotatable bonds is 6. The summed E-state index contributed by atoms with van der Waals surface area (Å²) in [6.07, 6.45) is 0. The van der Waals surface area contributed by atoms with E-state index in [1.54, 1.807) is 25.6 Å². The second-order valence-corrected chi connectivity index (χ2v) is 7.85. The van der Waals surface area contributed by atoms with Gasteiger partial charge in [-0.3, -0.25) is 9.69 Å². The maximum absolute atomic E-state index is 11.9. The molecule has 0 unspecified atom stereocenters. The average Bonchev–Trinajstić information content (AvgIpc) is 3.11. The van der Waals surface area contributed by atoms with Crippen molar-refractivity contribution in [3.05, 3.63) is 33.7 Å². The number of amides is 1. The van der Waals surface area contributed by atoms with Crippen LogP contribution in [0.5, 0.6) is 5.75 Å². The van der Waals surface area contributed by atoms with Crippen molar-refractivity contribution in [1.29, 1.82) is 0 Å². The number of ether oxygens (including phenoxy) is 2. The van der Waals surface area contributed by atoms with Crippen molar-refractivity contribution >= 4 is 33.2 Å². The molecule has 3 rings (SSSR count). The van der Waals surface area contributed by atoms with E-state index < -0.39 is 0 Å². The van der Waals surface area contributed by atoms with E-state index in [0.29, 0.717) is 0 Å². The fourth-order valence-electron chi connectivity index (χ4n) is 2.95. The summed E-state index contributed by atoms with van der Waals surface area (Å²) in [4.78, 5) is 20.8. The second-order valence-electron chi connectivity index (χ2n) is 6.08. The fraction of sp³-hybridized carbons (Fsp3) is 0.444. The van der Waals surface area contributed by atoms with Crippen LogP contribution in [0.15, 0.2) is 28.1 Å². The predicted octanol–water partition coefficient (Wildman–Crippen LogP) is 2.87. The summed E-state index contributed by atoms with van der Waals surface area (Å²) in [5.41, 5.74) is 2.04. The molecule has 1 fully saturated rings. The number of aromatic nitrogens is 1. The summed E-state index contributed by atoms with van der Waals surface area (Å²) in [7, 11) is 3.22. The maximum Gasteiger partial charge on any atom is 0.248 e. The monoisotopic (exact) mass is 439 g/mol. The number of halogens is 1. The number of carbonyl (C=O) groups is 1. The zero-order valence-electron chi connectivity index (χ0n) is 14.9. The topological polar surface area (TPSA) is 54.9 Å². The lowest BCUT2D eigenvalue weighted by Gasteiger charge is -2.34. The largest absolute Gasteiger partial charge is 0.496 e. The van der Waals surface area contributed by atoms with Gasteiger partial charge in [-0.25, -0.2) is 4.98 Å². The van der Waals surface area contributed by atoms with E-state index >= 15 is 0 Å². The van der Waals surface area contributed by atoms with Gasteiger partial charge in [-0.1, -0.05) is 15.9 Å². The Hall–Kier alpha value is -1.48. The molecule has 2 aromatic rings. The molecule has 1 aliphatic heterocycles. The van der Waals surface area contributed by atoms with Gasteiger partial charge in [0.25, 0.3) is 0 Å². The van der Waals surface area contributed by atoms with Gasteiger partial charge in [0.2, 0.25) is 5.91 Å². The molecule has 1 aromatic heterocycles. The van der Waals surface area contributed by atoms with Crippen LogP contribution in [0, 0.1) is 0 Å². The number of piperazine rings is 1. The van der Waals surface area contributed by atoms with E-state index in [9.17, 15) is 4.79 Å². The molecule has 0 atom stereocenters. The lowest BCUT2D eigenvalue weighted by molar-refractivity contribution is -0.136. The Morgan fingerprint density at radius 3 is 2.73 bits per heavy atom. The first kappa shape index (κ1) is 19.3. The van der Waals surface area contributed by atoms with Gasteiger partial charge in [-0.05, 0) is 18.2 Å². The zero-order valence-corrected chi connectivity index (χ0v) is 17.3. The number of methoxy groups -OCH3 is 2. The molecule has 1 saturated heterocycles. The lowest BCUT2D eigenvalue weighted by atomic mass is 10.2. The molecule has 140 valence electrons. The van der Waals surface area contributed by atoms with Gasteiger partial charge in [0.1, 0.15) is 17.4 Å². The summed E-state index contributed by atoms with van der Waals surface area (Å²) in [5, 5.41) is 3.05. The summed E-state index contributed by atoms with van der Waals surface area (Å²) in [5.74, 6) is 0.879. The Labute approximate surface area is 165 Å². The molecule has 0 radical (unpaired) electrons. The summed E-state index contributed by atoms with van der Waals surface area (Å²) in [6.45, 7) is 4.12. The molecule has 2 heterocycles. The normalized spacial score (nSPS) is 15.3. The van der Waals surface area contributed by atoms with Crippen molar-refractivity contribution in [3.63, 3.8) is 0 Å². The number of thiazole rings is 1. The third-order valence-corrected chi connectivity index (χ3v) is 5.74. The molecule has 1 aliphatic rings. The van der Waals surface area contributed by atoms with Crippen molar-refractivity contribution in [2.45, 2.75) is 6.54 Å². The van der Waals surface area contributed by atoms with E-state index in [1.165, 1.54) is 0 Å². The van der Waals surface area contributed by atoms with E-state index in [-0.39, 0.29) is 12.5 Å². The minimum absolute atomic E-state index is 0.0600. The van der Waals surface area contributed by atoms with Crippen molar-refractivity contribution in [2.75, 3.05) is 47.0 Å². The smallest absolute Gasteiger partial charge is 0.248 e. The highest BCUT2D eigenvalue weighted by atomic mass is 79.9. The van der Waals surface area contributed by atoms with Gasteiger partial charge in [0, 0.05) is 49.7 Å². The summed E-state index contributed by atoms with van der Waals surface area (Å²) >= 11 is 5.13. The first-order valence-electron chi connectivity index (χ1n) is 8.38. The maximum atomic E-state index is 11.9. The minimum Gasteiger partial charge on any atom is -0.496 e. The lowest BCUT2D eigenvalue weighted by Crippen LogP contribution is -2.49. The number of benzene rings is 1. The van der Waals surface area contributed by atoms with Crippen LogP contribution >= 0.6 is 27.3 Å². The average molecular weight is 440 g/mol. The predicted molar refractivity (Wildman–Crippen MR) is 106 cm³/mol. The Morgan fingerprint density at radius 2 is 2.04 bits per heavy atom. The van der Waals surface area contributed by atoms with Gasteiger partial charge < -0.3 is 14.4 Å². The van der Waals surface area contributed by atoms with Crippen molar-refractivity contribution in [2.24, 2.45) is 0 Å². The molecule has 0 saturated carbocycles. The van der Waals surface area contributed by atoms with Crippen LogP contribution in [-0.2, 0) is 16.1 Å².